The lowest BCUT2D eigenvalue weighted by molar-refractivity contribution is 0.0949. The molecule has 4 nitrogen and oxygen atoms in total. The summed E-state index contributed by atoms with van der Waals surface area (Å²) in [6, 6.07) is 18.7. The Kier molecular flexibility index (Phi) is 5.33. The number of hydrogen-bond acceptors (Lipinski definition) is 3. The number of aromatic nitrogens is 1. The van der Waals surface area contributed by atoms with Gasteiger partial charge < -0.3 is 10.2 Å². The van der Waals surface area contributed by atoms with Gasteiger partial charge in [-0.1, -0.05) is 36.4 Å². The maximum absolute atomic E-state index is 13.7. The largest absolute Gasteiger partial charge is 0.350 e. The highest BCUT2D eigenvalue weighted by Gasteiger charge is 2.19. The Morgan fingerprint density at radius 3 is 2.82 bits per heavy atom. The Labute approximate surface area is 164 Å². The number of benzene rings is 2. The molecule has 1 aromatic heterocycles. The first-order valence-corrected chi connectivity index (χ1v) is 9.55. The number of rotatable bonds is 5. The molecule has 1 aliphatic rings. The summed E-state index contributed by atoms with van der Waals surface area (Å²) < 4.78 is 13.7. The zero-order chi connectivity index (χ0) is 19.3. The van der Waals surface area contributed by atoms with E-state index in [2.05, 4.69) is 33.4 Å². The highest BCUT2D eigenvalue weighted by Crippen LogP contribution is 2.33. The number of halogens is 1. The van der Waals surface area contributed by atoms with E-state index < -0.39 is 0 Å². The molecule has 142 valence electrons. The predicted molar refractivity (Wildman–Crippen MR) is 108 cm³/mol. The van der Waals surface area contributed by atoms with Crippen molar-refractivity contribution in [3.8, 4) is 0 Å². The van der Waals surface area contributed by atoms with E-state index in [0.29, 0.717) is 24.2 Å². The van der Waals surface area contributed by atoms with Crippen LogP contribution in [-0.2, 0) is 12.8 Å². The number of amides is 1. The van der Waals surface area contributed by atoms with E-state index in [1.54, 1.807) is 24.4 Å². The zero-order valence-electron chi connectivity index (χ0n) is 15.6. The summed E-state index contributed by atoms with van der Waals surface area (Å²) in [4.78, 5) is 19.0. The van der Waals surface area contributed by atoms with E-state index in [1.165, 1.54) is 17.3 Å². The Hall–Kier alpha value is -3.21. The third-order valence-corrected chi connectivity index (χ3v) is 5.04. The van der Waals surface area contributed by atoms with Gasteiger partial charge in [0.05, 0.1) is 0 Å². The number of anilines is 2. The summed E-state index contributed by atoms with van der Waals surface area (Å²) in [6.07, 6.45) is 4.25. The van der Waals surface area contributed by atoms with Crippen molar-refractivity contribution in [1.29, 1.82) is 0 Å². The molecule has 0 saturated carbocycles. The smallest absolute Gasteiger partial charge is 0.269 e. The Bertz CT molecular complexity index is 989. The van der Waals surface area contributed by atoms with Crippen molar-refractivity contribution in [2.24, 2.45) is 0 Å². The molecule has 1 N–H and O–H groups in total. The maximum Gasteiger partial charge on any atom is 0.269 e. The minimum absolute atomic E-state index is 0.247. The van der Waals surface area contributed by atoms with Crippen molar-refractivity contribution in [1.82, 2.24) is 10.3 Å². The minimum atomic E-state index is -0.249. The summed E-state index contributed by atoms with van der Waals surface area (Å²) in [5.74, 6) is -0.496. The molecular formula is C23H22FN3O. The van der Waals surface area contributed by atoms with Crippen LogP contribution in [0.3, 0.4) is 0 Å². The highest BCUT2D eigenvalue weighted by atomic mass is 19.1. The van der Waals surface area contributed by atoms with Gasteiger partial charge in [0.2, 0.25) is 0 Å². The summed E-state index contributed by atoms with van der Waals surface area (Å²) in [5.41, 5.74) is 4.43. The molecule has 0 fully saturated rings. The second kappa shape index (κ2) is 8.21. The number of hydrogen-bond donors (Lipinski definition) is 1. The van der Waals surface area contributed by atoms with Crippen LogP contribution in [0.4, 0.5) is 15.8 Å². The van der Waals surface area contributed by atoms with Crippen LogP contribution in [0, 0.1) is 5.82 Å². The number of pyridine rings is 1. The van der Waals surface area contributed by atoms with E-state index in [9.17, 15) is 9.18 Å². The molecule has 28 heavy (non-hydrogen) atoms. The fourth-order valence-electron chi connectivity index (χ4n) is 3.62. The van der Waals surface area contributed by atoms with Gasteiger partial charge in [0.15, 0.2) is 0 Å². The molecule has 0 bridgehead atoms. The third kappa shape index (κ3) is 3.88. The molecule has 1 aliphatic heterocycles. The van der Waals surface area contributed by atoms with Gasteiger partial charge in [0.1, 0.15) is 11.5 Å². The van der Waals surface area contributed by atoms with Gasteiger partial charge in [0, 0.05) is 30.7 Å². The summed E-state index contributed by atoms with van der Waals surface area (Å²) in [6.45, 7) is 1.27. The van der Waals surface area contributed by atoms with Crippen molar-refractivity contribution >= 4 is 17.3 Å². The molecule has 0 atom stereocenters. The fraction of sp³-hybridized carbons (Fsp3) is 0.217. The van der Waals surface area contributed by atoms with Crippen LogP contribution in [0.25, 0.3) is 0 Å². The van der Waals surface area contributed by atoms with Crippen LogP contribution >= 0.6 is 0 Å². The van der Waals surface area contributed by atoms with Crippen LogP contribution in [0.1, 0.15) is 28.0 Å². The minimum Gasteiger partial charge on any atom is -0.350 e. The number of aryl methyl sites for hydroxylation is 1. The number of carbonyl (C=O) groups excluding carboxylic acids is 1. The van der Waals surface area contributed by atoms with Gasteiger partial charge in [0.25, 0.3) is 5.91 Å². The molecule has 2 aromatic carbocycles. The molecular weight excluding hydrogens is 353 g/mol. The lowest BCUT2D eigenvalue weighted by Crippen LogP contribution is -2.28. The average molecular weight is 375 g/mol. The van der Waals surface area contributed by atoms with Crippen LogP contribution in [-0.4, -0.2) is 24.0 Å². The van der Waals surface area contributed by atoms with Crippen molar-refractivity contribution in [3.05, 3.63) is 89.5 Å². The normalized spacial score (nSPS) is 13.1. The quantitative estimate of drug-likeness (QED) is 0.724. The number of para-hydroxylation sites is 1. The van der Waals surface area contributed by atoms with Crippen LogP contribution in [0.5, 0.6) is 0 Å². The maximum atomic E-state index is 13.7. The molecule has 0 radical (unpaired) electrons. The van der Waals surface area contributed by atoms with Gasteiger partial charge in [-0.25, -0.2) is 4.39 Å². The molecule has 4 rings (SSSR count). The van der Waals surface area contributed by atoms with E-state index in [4.69, 9.17) is 0 Å². The molecule has 5 heteroatoms. The van der Waals surface area contributed by atoms with Gasteiger partial charge in [-0.2, -0.15) is 0 Å². The molecule has 2 heterocycles. The Balaban J connectivity index is 1.45. The molecule has 0 saturated heterocycles. The zero-order valence-corrected chi connectivity index (χ0v) is 15.6. The van der Waals surface area contributed by atoms with E-state index in [1.807, 2.05) is 18.2 Å². The van der Waals surface area contributed by atoms with Gasteiger partial charge in [-0.05, 0) is 54.7 Å². The Morgan fingerprint density at radius 2 is 1.93 bits per heavy atom. The molecule has 0 spiro atoms. The van der Waals surface area contributed by atoms with Crippen LogP contribution in [0.2, 0.25) is 0 Å². The summed E-state index contributed by atoms with van der Waals surface area (Å²) in [5, 5.41) is 2.84. The Morgan fingerprint density at radius 1 is 1.11 bits per heavy atom. The van der Waals surface area contributed by atoms with Crippen LogP contribution < -0.4 is 10.2 Å². The second-order valence-corrected chi connectivity index (χ2v) is 6.88. The summed E-state index contributed by atoms with van der Waals surface area (Å²) >= 11 is 0. The van der Waals surface area contributed by atoms with Gasteiger partial charge in [-0.15, -0.1) is 0 Å². The van der Waals surface area contributed by atoms with Crippen molar-refractivity contribution < 1.29 is 9.18 Å². The van der Waals surface area contributed by atoms with Crippen molar-refractivity contribution in [2.75, 3.05) is 18.0 Å². The van der Waals surface area contributed by atoms with Gasteiger partial charge in [-0.3, -0.25) is 9.78 Å². The topological polar surface area (TPSA) is 45.2 Å². The van der Waals surface area contributed by atoms with Crippen LogP contribution in [0.15, 0.2) is 66.9 Å². The van der Waals surface area contributed by atoms with E-state index in [0.717, 1.165) is 25.1 Å². The molecule has 1 amide bonds. The highest BCUT2D eigenvalue weighted by molar-refractivity contribution is 5.93. The molecule has 0 unspecified atom stereocenters. The number of nitrogens with zero attached hydrogens (tertiary/aromatic N) is 2. The lowest BCUT2D eigenvalue weighted by Gasteiger charge is -2.31. The average Bonchev–Trinajstić information content (AvgIpc) is 2.74. The molecule has 0 aliphatic carbocycles. The second-order valence-electron chi connectivity index (χ2n) is 6.88. The lowest BCUT2D eigenvalue weighted by atomic mass is 10.0. The number of nitrogens with one attached hydrogen (secondary N) is 1. The van der Waals surface area contributed by atoms with Crippen molar-refractivity contribution in [3.63, 3.8) is 0 Å². The number of fused-ring (bicyclic) bond motifs is 1. The first-order chi connectivity index (χ1) is 13.7. The number of carbonyl (C=O) groups is 1. The third-order valence-electron chi connectivity index (χ3n) is 5.04. The first kappa shape index (κ1) is 18.2. The predicted octanol–water partition coefficient (Wildman–Crippen LogP) is 4.28. The van der Waals surface area contributed by atoms with E-state index >= 15 is 0 Å². The van der Waals surface area contributed by atoms with Crippen molar-refractivity contribution in [2.45, 2.75) is 19.3 Å². The monoisotopic (exact) mass is 375 g/mol. The standard InChI is InChI=1S/C23H22FN3O/c24-20-9-3-1-6-17(20)11-13-26-23(28)21-16-19(12-14-25-21)27-15-5-8-18-7-2-4-10-22(18)27/h1-4,6-7,9-10,12,14,16H,5,8,11,13,15H2,(H,26,28). The first-order valence-electron chi connectivity index (χ1n) is 9.55. The molecule has 3 aromatic rings. The SMILES string of the molecule is O=C(NCCc1ccccc1F)c1cc(N2CCCc3ccccc32)ccn1. The van der Waals surface area contributed by atoms with E-state index in [-0.39, 0.29) is 11.7 Å². The van der Waals surface area contributed by atoms with Gasteiger partial charge >= 0.3 is 0 Å². The summed E-state index contributed by atoms with van der Waals surface area (Å²) in [7, 11) is 0. The fourth-order valence-corrected chi connectivity index (χ4v) is 3.62.